The molecule has 88 valence electrons. The van der Waals surface area contributed by atoms with Gasteiger partial charge in [0.25, 0.3) is 5.69 Å². The summed E-state index contributed by atoms with van der Waals surface area (Å²) in [6, 6.07) is 1.54. The summed E-state index contributed by atoms with van der Waals surface area (Å²) < 4.78 is 0. The molecule has 1 unspecified atom stereocenters. The third kappa shape index (κ3) is 3.32. The molecule has 1 aromatic rings. The predicted octanol–water partition coefficient (Wildman–Crippen LogP) is 1.66. The molecule has 0 saturated carbocycles. The molecule has 1 heterocycles. The molecule has 0 saturated heterocycles. The number of pyridine rings is 1. The number of nitrogens with one attached hydrogen (secondary N) is 2. The first-order chi connectivity index (χ1) is 7.54. The summed E-state index contributed by atoms with van der Waals surface area (Å²) >= 11 is 5.85. The molecule has 7 heteroatoms. The van der Waals surface area contributed by atoms with Crippen molar-refractivity contribution in [1.29, 1.82) is 0 Å². The second-order valence-electron chi connectivity index (χ2n) is 3.35. The molecule has 1 aromatic heterocycles. The lowest BCUT2D eigenvalue weighted by Gasteiger charge is -2.12. The Bertz CT molecular complexity index is 386. The number of halogens is 1. The molecule has 0 aromatic carbocycles. The van der Waals surface area contributed by atoms with Crippen LogP contribution in [0.1, 0.15) is 6.92 Å². The summed E-state index contributed by atoms with van der Waals surface area (Å²) in [6.07, 6.45) is 1.18. The van der Waals surface area contributed by atoms with Gasteiger partial charge in [-0.2, -0.15) is 0 Å². The number of hydrogen-bond acceptors (Lipinski definition) is 5. The maximum atomic E-state index is 10.5. The minimum Gasteiger partial charge on any atom is -0.367 e. The highest BCUT2D eigenvalue weighted by atomic mass is 35.5. The minimum absolute atomic E-state index is 0.114. The summed E-state index contributed by atoms with van der Waals surface area (Å²) in [5.74, 6) is 0.453. The third-order valence-corrected chi connectivity index (χ3v) is 2.39. The number of rotatable bonds is 5. The van der Waals surface area contributed by atoms with Crippen LogP contribution in [0.2, 0.25) is 5.02 Å². The lowest BCUT2D eigenvalue weighted by Crippen LogP contribution is -2.29. The van der Waals surface area contributed by atoms with Crippen molar-refractivity contribution in [2.75, 3.05) is 18.9 Å². The number of hydrogen-bond donors (Lipinski definition) is 2. The Morgan fingerprint density at radius 2 is 2.38 bits per heavy atom. The largest absolute Gasteiger partial charge is 0.367 e. The van der Waals surface area contributed by atoms with Crippen LogP contribution in [0, 0.1) is 10.1 Å². The van der Waals surface area contributed by atoms with Gasteiger partial charge in [-0.15, -0.1) is 0 Å². The van der Waals surface area contributed by atoms with Crippen LogP contribution >= 0.6 is 11.6 Å². The van der Waals surface area contributed by atoms with Crippen molar-refractivity contribution in [3.05, 3.63) is 27.4 Å². The van der Waals surface area contributed by atoms with Crippen LogP contribution in [0.25, 0.3) is 0 Å². The summed E-state index contributed by atoms with van der Waals surface area (Å²) in [7, 11) is 1.84. The fourth-order valence-electron chi connectivity index (χ4n) is 1.01. The Morgan fingerprint density at radius 1 is 1.69 bits per heavy atom. The van der Waals surface area contributed by atoms with Gasteiger partial charge in [-0.25, -0.2) is 4.98 Å². The normalized spacial score (nSPS) is 12.2. The van der Waals surface area contributed by atoms with Crippen molar-refractivity contribution >= 4 is 23.1 Å². The average molecular weight is 245 g/mol. The topological polar surface area (TPSA) is 80.1 Å². The minimum atomic E-state index is -0.529. The zero-order valence-corrected chi connectivity index (χ0v) is 9.78. The van der Waals surface area contributed by atoms with E-state index in [-0.39, 0.29) is 16.8 Å². The van der Waals surface area contributed by atoms with E-state index in [4.69, 9.17) is 11.6 Å². The molecule has 0 fully saturated rings. The zero-order chi connectivity index (χ0) is 12.1. The maximum absolute atomic E-state index is 10.5. The Labute approximate surface area is 98.2 Å². The number of likely N-dealkylation sites (N-methyl/N-ethyl adjacent to an activating group) is 1. The van der Waals surface area contributed by atoms with Crippen LogP contribution in [0.4, 0.5) is 11.5 Å². The van der Waals surface area contributed by atoms with Crippen molar-refractivity contribution in [2.24, 2.45) is 0 Å². The van der Waals surface area contributed by atoms with Gasteiger partial charge < -0.3 is 10.6 Å². The van der Waals surface area contributed by atoms with E-state index in [1.54, 1.807) is 0 Å². The SMILES string of the molecule is CNC(C)CNc1ncc([N+](=O)[O-])cc1Cl. The molecular formula is C9H13ClN4O2. The molecule has 0 bridgehead atoms. The second kappa shape index (κ2) is 5.62. The lowest BCUT2D eigenvalue weighted by atomic mass is 10.3. The summed E-state index contributed by atoms with van der Waals surface area (Å²) in [6.45, 7) is 2.63. The van der Waals surface area contributed by atoms with Crippen molar-refractivity contribution < 1.29 is 4.92 Å². The van der Waals surface area contributed by atoms with Gasteiger partial charge in [-0.1, -0.05) is 11.6 Å². The number of anilines is 1. The van der Waals surface area contributed by atoms with Crippen LogP contribution in [0.5, 0.6) is 0 Å². The van der Waals surface area contributed by atoms with Gasteiger partial charge in [0.2, 0.25) is 0 Å². The Hall–Kier alpha value is -1.40. The molecule has 0 aliphatic heterocycles. The smallest absolute Gasteiger partial charge is 0.289 e. The lowest BCUT2D eigenvalue weighted by molar-refractivity contribution is -0.385. The molecule has 2 N–H and O–H groups in total. The van der Waals surface area contributed by atoms with Crippen LogP contribution in [0.3, 0.4) is 0 Å². The first-order valence-electron chi connectivity index (χ1n) is 4.75. The molecule has 0 amide bonds. The molecule has 6 nitrogen and oxygen atoms in total. The molecule has 16 heavy (non-hydrogen) atoms. The Balaban J connectivity index is 2.72. The summed E-state index contributed by atoms with van der Waals surface area (Å²) in [5.41, 5.74) is -0.114. The van der Waals surface area contributed by atoms with E-state index in [0.29, 0.717) is 12.4 Å². The number of aromatic nitrogens is 1. The predicted molar refractivity (Wildman–Crippen MR) is 62.9 cm³/mol. The standard InChI is InChI=1S/C9H13ClN4O2/c1-6(11-2)4-12-9-8(10)3-7(5-13-9)14(15)16/h3,5-6,11H,4H2,1-2H3,(H,12,13). The molecule has 1 rings (SSSR count). The van der Waals surface area contributed by atoms with E-state index in [0.717, 1.165) is 0 Å². The molecular weight excluding hydrogens is 232 g/mol. The molecule has 0 aliphatic rings. The van der Waals surface area contributed by atoms with Crippen molar-refractivity contribution in [3.63, 3.8) is 0 Å². The van der Waals surface area contributed by atoms with Crippen LogP contribution in [-0.2, 0) is 0 Å². The number of nitrogens with zero attached hydrogens (tertiary/aromatic N) is 2. The van der Waals surface area contributed by atoms with Crippen LogP contribution in [0.15, 0.2) is 12.3 Å². The van der Waals surface area contributed by atoms with Gasteiger partial charge in [0.15, 0.2) is 0 Å². The first-order valence-corrected chi connectivity index (χ1v) is 5.13. The van der Waals surface area contributed by atoms with Crippen molar-refractivity contribution in [1.82, 2.24) is 10.3 Å². The fourth-order valence-corrected chi connectivity index (χ4v) is 1.24. The van der Waals surface area contributed by atoms with Gasteiger partial charge in [0.05, 0.1) is 9.95 Å². The van der Waals surface area contributed by atoms with Crippen LogP contribution < -0.4 is 10.6 Å². The average Bonchev–Trinajstić information content (AvgIpc) is 2.26. The third-order valence-electron chi connectivity index (χ3n) is 2.11. The summed E-state index contributed by atoms with van der Waals surface area (Å²) in [5, 5.41) is 16.7. The van der Waals surface area contributed by atoms with Crippen molar-refractivity contribution in [2.45, 2.75) is 13.0 Å². The van der Waals surface area contributed by atoms with Gasteiger partial charge in [-0.05, 0) is 14.0 Å². The number of nitro groups is 1. The molecule has 0 spiro atoms. The van der Waals surface area contributed by atoms with Crippen LogP contribution in [-0.4, -0.2) is 29.5 Å². The highest BCUT2D eigenvalue weighted by Gasteiger charge is 2.10. The maximum Gasteiger partial charge on any atom is 0.289 e. The van der Waals surface area contributed by atoms with E-state index >= 15 is 0 Å². The van der Waals surface area contributed by atoms with Gasteiger partial charge in [-0.3, -0.25) is 10.1 Å². The molecule has 0 radical (unpaired) electrons. The highest BCUT2D eigenvalue weighted by molar-refractivity contribution is 6.33. The molecule has 0 aliphatic carbocycles. The van der Waals surface area contributed by atoms with E-state index in [1.807, 2.05) is 14.0 Å². The highest BCUT2D eigenvalue weighted by Crippen LogP contribution is 2.23. The first kappa shape index (κ1) is 12.7. The van der Waals surface area contributed by atoms with Gasteiger partial charge in [0, 0.05) is 18.7 Å². The van der Waals surface area contributed by atoms with E-state index < -0.39 is 4.92 Å². The van der Waals surface area contributed by atoms with E-state index in [1.165, 1.54) is 12.3 Å². The quantitative estimate of drug-likeness (QED) is 0.608. The van der Waals surface area contributed by atoms with Gasteiger partial charge >= 0.3 is 0 Å². The Morgan fingerprint density at radius 3 is 2.88 bits per heavy atom. The van der Waals surface area contributed by atoms with E-state index in [2.05, 4.69) is 15.6 Å². The van der Waals surface area contributed by atoms with E-state index in [9.17, 15) is 10.1 Å². The molecule has 1 atom stereocenters. The van der Waals surface area contributed by atoms with Gasteiger partial charge in [0.1, 0.15) is 12.0 Å². The summed E-state index contributed by atoms with van der Waals surface area (Å²) in [4.78, 5) is 13.8. The fraction of sp³-hybridized carbons (Fsp3) is 0.444. The second-order valence-corrected chi connectivity index (χ2v) is 3.76. The zero-order valence-electron chi connectivity index (χ0n) is 9.03. The monoisotopic (exact) mass is 244 g/mol. The van der Waals surface area contributed by atoms with Crippen molar-refractivity contribution in [3.8, 4) is 0 Å². The Kier molecular flexibility index (Phi) is 4.45.